The number of nitrogens with one attached hydrogen (secondary N) is 3. The second-order valence-corrected chi connectivity index (χ2v) is 4.56. The van der Waals surface area contributed by atoms with Gasteiger partial charge in [-0.3, -0.25) is 0 Å². The number of halogens is 1. The maximum atomic E-state index is 12.8. The van der Waals surface area contributed by atoms with Crippen LogP contribution < -0.4 is 16.0 Å². The van der Waals surface area contributed by atoms with Crippen LogP contribution in [0.1, 0.15) is 12.5 Å². The van der Waals surface area contributed by atoms with E-state index < -0.39 is 0 Å². The largest absolute Gasteiger partial charge is 0.323 e. The first kappa shape index (κ1) is 15.0. The van der Waals surface area contributed by atoms with Gasteiger partial charge in [-0.25, -0.2) is 9.18 Å². The molecule has 3 N–H and O–H groups in total. The van der Waals surface area contributed by atoms with Crippen molar-refractivity contribution in [2.75, 3.05) is 17.2 Å². The fourth-order valence-corrected chi connectivity index (χ4v) is 1.80. The molecule has 0 aliphatic rings. The Labute approximate surface area is 123 Å². The van der Waals surface area contributed by atoms with Crippen LogP contribution in [0.4, 0.5) is 20.6 Å². The lowest BCUT2D eigenvalue weighted by Crippen LogP contribution is -2.19. The number of amides is 2. The van der Waals surface area contributed by atoms with Crippen molar-refractivity contribution >= 4 is 17.4 Å². The number of benzene rings is 2. The number of hydrogen-bond acceptors (Lipinski definition) is 2. The predicted molar refractivity (Wildman–Crippen MR) is 82.9 cm³/mol. The molecular formula is C16H18FN3O. The Morgan fingerprint density at radius 2 is 1.48 bits per heavy atom. The normalized spacial score (nSPS) is 10.2. The maximum Gasteiger partial charge on any atom is 0.323 e. The molecule has 0 spiro atoms. The smallest absolute Gasteiger partial charge is 0.313 e. The number of anilines is 2. The van der Waals surface area contributed by atoms with Crippen LogP contribution in [-0.4, -0.2) is 12.6 Å². The van der Waals surface area contributed by atoms with Gasteiger partial charge in [0.15, 0.2) is 0 Å². The minimum atomic E-state index is -0.360. The third-order valence-electron chi connectivity index (χ3n) is 2.89. The van der Waals surface area contributed by atoms with Crippen molar-refractivity contribution in [2.24, 2.45) is 0 Å². The van der Waals surface area contributed by atoms with E-state index in [1.807, 2.05) is 24.3 Å². The summed E-state index contributed by atoms with van der Waals surface area (Å²) in [5.74, 6) is -0.336. The molecule has 2 amide bonds. The molecule has 0 aromatic heterocycles. The van der Waals surface area contributed by atoms with Crippen LogP contribution in [0.5, 0.6) is 0 Å². The minimum absolute atomic E-state index is 0.336. The molecule has 4 nitrogen and oxygen atoms in total. The molecule has 110 valence electrons. The van der Waals surface area contributed by atoms with Crippen molar-refractivity contribution in [2.45, 2.75) is 13.5 Å². The third-order valence-corrected chi connectivity index (χ3v) is 2.89. The summed E-state index contributed by atoms with van der Waals surface area (Å²) in [6, 6.07) is 12.8. The highest BCUT2D eigenvalue weighted by Gasteiger charge is 2.03. The molecule has 0 saturated carbocycles. The van der Waals surface area contributed by atoms with E-state index in [0.29, 0.717) is 11.4 Å². The number of hydrogen-bond donors (Lipinski definition) is 3. The van der Waals surface area contributed by atoms with Gasteiger partial charge in [0, 0.05) is 17.9 Å². The van der Waals surface area contributed by atoms with Gasteiger partial charge in [-0.1, -0.05) is 19.1 Å². The Balaban J connectivity index is 1.88. The molecular weight excluding hydrogens is 269 g/mol. The van der Waals surface area contributed by atoms with Crippen LogP contribution in [0, 0.1) is 5.82 Å². The van der Waals surface area contributed by atoms with Crippen molar-refractivity contribution < 1.29 is 9.18 Å². The summed E-state index contributed by atoms with van der Waals surface area (Å²) in [6.07, 6.45) is 0. The number of rotatable bonds is 5. The van der Waals surface area contributed by atoms with Gasteiger partial charge in [0.25, 0.3) is 0 Å². The molecule has 0 saturated heterocycles. The van der Waals surface area contributed by atoms with E-state index in [1.54, 1.807) is 0 Å². The van der Waals surface area contributed by atoms with Crippen LogP contribution in [0.15, 0.2) is 48.5 Å². The summed E-state index contributed by atoms with van der Waals surface area (Å²) in [5, 5.41) is 8.59. The third kappa shape index (κ3) is 4.89. The quantitative estimate of drug-likeness (QED) is 0.787. The van der Waals surface area contributed by atoms with Gasteiger partial charge in [-0.2, -0.15) is 0 Å². The summed E-state index contributed by atoms with van der Waals surface area (Å²) in [6.45, 7) is 3.77. The highest BCUT2D eigenvalue weighted by molar-refractivity contribution is 5.99. The van der Waals surface area contributed by atoms with E-state index in [0.717, 1.165) is 18.7 Å². The van der Waals surface area contributed by atoms with E-state index in [9.17, 15) is 9.18 Å². The Morgan fingerprint density at radius 1 is 0.952 bits per heavy atom. The molecule has 0 fully saturated rings. The lowest BCUT2D eigenvalue weighted by atomic mass is 10.2. The first-order valence-electron chi connectivity index (χ1n) is 6.80. The molecule has 0 heterocycles. The van der Waals surface area contributed by atoms with E-state index in [4.69, 9.17) is 0 Å². The minimum Gasteiger partial charge on any atom is -0.313 e. The van der Waals surface area contributed by atoms with Gasteiger partial charge in [-0.05, 0) is 48.5 Å². The van der Waals surface area contributed by atoms with Gasteiger partial charge in [0.2, 0.25) is 0 Å². The average molecular weight is 287 g/mol. The highest BCUT2D eigenvalue weighted by atomic mass is 19.1. The molecule has 0 bridgehead atoms. The summed E-state index contributed by atoms with van der Waals surface area (Å²) in [4.78, 5) is 11.8. The van der Waals surface area contributed by atoms with Gasteiger partial charge in [0.1, 0.15) is 5.82 Å². The van der Waals surface area contributed by atoms with Gasteiger partial charge >= 0.3 is 6.03 Å². The van der Waals surface area contributed by atoms with E-state index in [-0.39, 0.29) is 11.8 Å². The Morgan fingerprint density at radius 3 is 2.00 bits per heavy atom. The number of carbonyl (C=O) groups is 1. The summed E-state index contributed by atoms with van der Waals surface area (Å²) in [5.41, 5.74) is 2.40. The molecule has 0 aliphatic carbocycles. The zero-order chi connectivity index (χ0) is 15.1. The Bertz CT molecular complexity index is 581. The van der Waals surface area contributed by atoms with Crippen molar-refractivity contribution in [1.29, 1.82) is 0 Å². The van der Waals surface area contributed by atoms with Crippen molar-refractivity contribution in [3.8, 4) is 0 Å². The molecule has 5 heteroatoms. The van der Waals surface area contributed by atoms with Crippen LogP contribution in [-0.2, 0) is 6.54 Å². The molecule has 2 aromatic carbocycles. The second kappa shape index (κ2) is 7.40. The average Bonchev–Trinajstić information content (AvgIpc) is 2.49. The van der Waals surface area contributed by atoms with Crippen LogP contribution >= 0.6 is 0 Å². The molecule has 0 unspecified atom stereocenters. The molecule has 21 heavy (non-hydrogen) atoms. The van der Waals surface area contributed by atoms with E-state index in [2.05, 4.69) is 22.9 Å². The molecule has 2 rings (SSSR count). The summed E-state index contributed by atoms with van der Waals surface area (Å²) in [7, 11) is 0. The lowest BCUT2D eigenvalue weighted by molar-refractivity contribution is 0.262. The van der Waals surface area contributed by atoms with Crippen LogP contribution in [0.3, 0.4) is 0 Å². The lowest BCUT2D eigenvalue weighted by Gasteiger charge is -2.08. The Kier molecular flexibility index (Phi) is 5.29. The van der Waals surface area contributed by atoms with Gasteiger partial charge in [0.05, 0.1) is 0 Å². The second-order valence-electron chi connectivity index (χ2n) is 4.56. The first-order valence-corrected chi connectivity index (χ1v) is 6.80. The topological polar surface area (TPSA) is 53.2 Å². The molecule has 2 aromatic rings. The molecule has 0 atom stereocenters. The zero-order valence-corrected chi connectivity index (χ0v) is 11.8. The maximum absolute atomic E-state index is 12.8. The zero-order valence-electron chi connectivity index (χ0n) is 11.8. The van der Waals surface area contributed by atoms with Crippen molar-refractivity contribution in [1.82, 2.24) is 5.32 Å². The summed E-state index contributed by atoms with van der Waals surface area (Å²) >= 11 is 0. The van der Waals surface area contributed by atoms with Crippen LogP contribution in [0.2, 0.25) is 0 Å². The van der Waals surface area contributed by atoms with E-state index in [1.165, 1.54) is 24.3 Å². The van der Waals surface area contributed by atoms with Gasteiger partial charge in [-0.15, -0.1) is 0 Å². The van der Waals surface area contributed by atoms with Crippen LogP contribution in [0.25, 0.3) is 0 Å². The molecule has 0 aliphatic heterocycles. The monoisotopic (exact) mass is 287 g/mol. The van der Waals surface area contributed by atoms with Crippen molar-refractivity contribution in [3.05, 3.63) is 59.9 Å². The molecule has 0 radical (unpaired) electrons. The fraction of sp³-hybridized carbons (Fsp3) is 0.188. The standard InChI is InChI=1S/C16H18FN3O/c1-2-18-11-12-3-7-14(8-4-12)19-16(21)20-15-9-5-13(17)6-10-15/h3-10,18H,2,11H2,1H3,(H2,19,20,21). The highest BCUT2D eigenvalue weighted by Crippen LogP contribution is 2.12. The SMILES string of the molecule is CCNCc1ccc(NC(=O)Nc2ccc(F)cc2)cc1. The van der Waals surface area contributed by atoms with Gasteiger partial charge < -0.3 is 16.0 Å². The Hall–Kier alpha value is -2.40. The predicted octanol–water partition coefficient (Wildman–Crippen LogP) is 3.58. The number of urea groups is 1. The van der Waals surface area contributed by atoms with Crippen molar-refractivity contribution in [3.63, 3.8) is 0 Å². The van der Waals surface area contributed by atoms with E-state index >= 15 is 0 Å². The fourth-order valence-electron chi connectivity index (χ4n) is 1.80. The number of carbonyl (C=O) groups excluding carboxylic acids is 1. The summed E-state index contributed by atoms with van der Waals surface area (Å²) < 4.78 is 12.8. The first-order chi connectivity index (χ1) is 10.2.